The highest BCUT2D eigenvalue weighted by Crippen LogP contribution is 2.24. The van der Waals surface area contributed by atoms with Crippen molar-refractivity contribution in [3.05, 3.63) is 59.1 Å². The smallest absolute Gasteiger partial charge is 0.238 e. The number of rotatable bonds is 5. The molecule has 0 aromatic heterocycles. The third kappa shape index (κ3) is 6.21. The molecule has 2 amide bonds. The number of amides is 2. The van der Waals surface area contributed by atoms with E-state index in [0.29, 0.717) is 16.4 Å². The van der Waals surface area contributed by atoms with Gasteiger partial charge in [-0.1, -0.05) is 29.8 Å². The fourth-order valence-electron chi connectivity index (χ4n) is 3.24. The zero-order valence-corrected chi connectivity index (χ0v) is 17.1. The number of piperazine rings is 1. The van der Waals surface area contributed by atoms with Crippen LogP contribution in [0.15, 0.2) is 48.5 Å². The normalized spacial score (nSPS) is 16.7. The van der Waals surface area contributed by atoms with Crippen LogP contribution in [-0.4, -0.2) is 42.9 Å². The summed E-state index contributed by atoms with van der Waals surface area (Å²) < 4.78 is 0. The fourth-order valence-corrected chi connectivity index (χ4v) is 3.44. The summed E-state index contributed by atoms with van der Waals surface area (Å²) >= 11 is 6.13. The molecule has 3 N–H and O–H groups in total. The molecule has 8 heteroatoms. The zero-order valence-electron chi connectivity index (χ0n) is 15.6. The molecule has 0 radical (unpaired) electrons. The highest BCUT2D eigenvalue weighted by molar-refractivity contribution is 6.30. The predicted molar refractivity (Wildman–Crippen MR) is 115 cm³/mol. The SMILES string of the molecule is CC(=O)Nc1cccc(NC(=O)CN2CCNCC2c2cccc(Cl)c2)c1.Cl. The molecule has 1 aliphatic rings. The van der Waals surface area contributed by atoms with Crippen molar-refractivity contribution < 1.29 is 9.59 Å². The lowest BCUT2D eigenvalue weighted by Crippen LogP contribution is -2.48. The van der Waals surface area contributed by atoms with Gasteiger partial charge in [-0.15, -0.1) is 12.4 Å². The maximum Gasteiger partial charge on any atom is 0.238 e. The first-order valence-corrected chi connectivity index (χ1v) is 9.27. The molecule has 0 bridgehead atoms. The first-order valence-electron chi connectivity index (χ1n) is 8.89. The van der Waals surface area contributed by atoms with Gasteiger partial charge in [0.25, 0.3) is 0 Å². The second-order valence-electron chi connectivity index (χ2n) is 6.56. The molecule has 3 rings (SSSR count). The summed E-state index contributed by atoms with van der Waals surface area (Å²) in [6.45, 7) is 4.11. The van der Waals surface area contributed by atoms with Gasteiger partial charge in [0, 0.05) is 49.0 Å². The van der Waals surface area contributed by atoms with Gasteiger partial charge < -0.3 is 16.0 Å². The van der Waals surface area contributed by atoms with Crippen LogP contribution in [0.3, 0.4) is 0 Å². The standard InChI is InChI=1S/C20H23ClN4O2.ClH/c1-14(26)23-17-6-3-7-18(11-17)24-20(27)13-25-9-8-22-12-19(25)15-4-2-5-16(21)10-15;/h2-7,10-11,19,22H,8-9,12-13H2,1H3,(H,23,26)(H,24,27);1H. The van der Waals surface area contributed by atoms with Gasteiger partial charge in [0.15, 0.2) is 0 Å². The molecule has 28 heavy (non-hydrogen) atoms. The second-order valence-corrected chi connectivity index (χ2v) is 6.99. The van der Waals surface area contributed by atoms with Gasteiger partial charge in [-0.05, 0) is 35.9 Å². The van der Waals surface area contributed by atoms with Crippen LogP contribution in [0.4, 0.5) is 11.4 Å². The van der Waals surface area contributed by atoms with Crippen LogP contribution in [0.5, 0.6) is 0 Å². The Kier molecular flexibility index (Phi) is 8.26. The summed E-state index contributed by atoms with van der Waals surface area (Å²) in [5.74, 6) is -0.243. The van der Waals surface area contributed by atoms with Crippen LogP contribution in [0.2, 0.25) is 5.02 Å². The van der Waals surface area contributed by atoms with Crippen LogP contribution >= 0.6 is 24.0 Å². The van der Waals surface area contributed by atoms with Gasteiger partial charge in [0.05, 0.1) is 6.54 Å². The number of carbonyl (C=O) groups is 2. The van der Waals surface area contributed by atoms with Crippen molar-refractivity contribution in [3.8, 4) is 0 Å². The van der Waals surface area contributed by atoms with Crippen molar-refractivity contribution in [2.75, 3.05) is 36.8 Å². The van der Waals surface area contributed by atoms with E-state index < -0.39 is 0 Å². The number of anilines is 2. The van der Waals surface area contributed by atoms with Crippen molar-refractivity contribution in [2.45, 2.75) is 13.0 Å². The molecule has 2 aromatic carbocycles. The minimum absolute atomic E-state index is 0. The maximum absolute atomic E-state index is 12.6. The number of nitrogens with zero attached hydrogens (tertiary/aromatic N) is 1. The minimum Gasteiger partial charge on any atom is -0.326 e. The Morgan fingerprint density at radius 2 is 1.86 bits per heavy atom. The molecule has 1 heterocycles. The lowest BCUT2D eigenvalue weighted by molar-refractivity contribution is -0.118. The molecule has 1 unspecified atom stereocenters. The van der Waals surface area contributed by atoms with Crippen molar-refractivity contribution in [1.29, 1.82) is 0 Å². The monoisotopic (exact) mass is 422 g/mol. The largest absolute Gasteiger partial charge is 0.326 e. The van der Waals surface area contributed by atoms with Crippen LogP contribution in [-0.2, 0) is 9.59 Å². The number of carbonyl (C=O) groups excluding carboxylic acids is 2. The Morgan fingerprint density at radius 3 is 2.57 bits per heavy atom. The molecule has 0 spiro atoms. The number of halogens is 2. The molecule has 2 aromatic rings. The Bertz CT molecular complexity index is 831. The third-order valence-electron chi connectivity index (χ3n) is 4.40. The summed E-state index contributed by atoms with van der Waals surface area (Å²) in [4.78, 5) is 25.9. The van der Waals surface area contributed by atoms with Crippen molar-refractivity contribution in [3.63, 3.8) is 0 Å². The molecule has 150 valence electrons. The fraction of sp³-hybridized carbons (Fsp3) is 0.300. The van der Waals surface area contributed by atoms with Gasteiger partial charge >= 0.3 is 0 Å². The van der Waals surface area contributed by atoms with E-state index in [9.17, 15) is 9.59 Å². The molecule has 0 saturated carbocycles. The molecular weight excluding hydrogens is 399 g/mol. The van der Waals surface area contributed by atoms with Crippen LogP contribution in [0, 0.1) is 0 Å². The summed E-state index contributed by atoms with van der Waals surface area (Å²) in [6.07, 6.45) is 0. The minimum atomic E-state index is -0.149. The van der Waals surface area contributed by atoms with E-state index >= 15 is 0 Å². The summed E-state index contributed by atoms with van der Waals surface area (Å²) in [5.41, 5.74) is 2.40. The Labute approximate surface area is 176 Å². The highest BCUT2D eigenvalue weighted by Gasteiger charge is 2.25. The lowest BCUT2D eigenvalue weighted by atomic mass is 10.0. The second kappa shape index (κ2) is 10.4. The molecule has 1 fully saturated rings. The van der Waals surface area contributed by atoms with Gasteiger partial charge in [-0.3, -0.25) is 14.5 Å². The van der Waals surface area contributed by atoms with Crippen LogP contribution in [0.1, 0.15) is 18.5 Å². The Hall–Kier alpha value is -2.12. The number of benzene rings is 2. The van der Waals surface area contributed by atoms with E-state index in [1.807, 2.05) is 24.3 Å². The summed E-state index contributed by atoms with van der Waals surface area (Å²) in [6, 6.07) is 15.0. The van der Waals surface area contributed by atoms with E-state index in [1.165, 1.54) is 6.92 Å². The van der Waals surface area contributed by atoms with E-state index in [4.69, 9.17) is 11.6 Å². The zero-order chi connectivity index (χ0) is 19.2. The Morgan fingerprint density at radius 1 is 1.14 bits per heavy atom. The number of hydrogen-bond acceptors (Lipinski definition) is 4. The maximum atomic E-state index is 12.6. The van der Waals surface area contributed by atoms with Gasteiger partial charge in [0.1, 0.15) is 0 Å². The third-order valence-corrected chi connectivity index (χ3v) is 4.64. The predicted octanol–water partition coefficient (Wildman–Crippen LogP) is 3.31. The molecule has 0 aliphatic carbocycles. The topological polar surface area (TPSA) is 73.5 Å². The number of nitrogens with one attached hydrogen (secondary N) is 3. The van der Waals surface area contributed by atoms with Gasteiger partial charge in [-0.2, -0.15) is 0 Å². The van der Waals surface area contributed by atoms with Crippen molar-refractivity contribution in [1.82, 2.24) is 10.2 Å². The lowest BCUT2D eigenvalue weighted by Gasteiger charge is -2.36. The number of hydrogen-bond donors (Lipinski definition) is 3. The van der Waals surface area contributed by atoms with Gasteiger partial charge in [-0.25, -0.2) is 0 Å². The van der Waals surface area contributed by atoms with E-state index in [2.05, 4.69) is 20.9 Å². The summed E-state index contributed by atoms with van der Waals surface area (Å²) in [7, 11) is 0. The van der Waals surface area contributed by atoms with Gasteiger partial charge in [0.2, 0.25) is 11.8 Å². The molecule has 6 nitrogen and oxygen atoms in total. The molecule has 1 aliphatic heterocycles. The molecule has 1 saturated heterocycles. The van der Waals surface area contributed by atoms with Crippen LogP contribution in [0.25, 0.3) is 0 Å². The van der Waals surface area contributed by atoms with Crippen molar-refractivity contribution in [2.24, 2.45) is 0 Å². The van der Waals surface area contributed by atoms with Crippen molar-refractivity contribution >= 4 is 47.2 Å². The Balaban J connectivity index is 0.00000280. The van der Waals surface area contributed by atoms with E-state index in [0.717, 1.165) is 25.2 Å². The van der Waals surface area contributed by atoms with E-state index in [-0.39, 0.29) is 36.8 Å². The quantitative estimate of drug-likeness (QED) is 0.690. The average molecular weight is 423 g/mol. The first-order chi connectivity index (χ1) is 13.0. The average Bonchev–Trinajstić information content (AvgIpc) is 2.62. The van der Waals surface area contributed by atoms with E-state index in [1.54, 1.807) is 24.3 Å². The van der Waals surface area contributed by atoms with Crippen LogP contribution < -0.4 is 16.0 Å². The summed E-state index contributed by atoms with van der Waals surface area (Å²) in [5, 5.41) is 9.69. The highest BCUT2D eigenvalue weighted by atomic mass is 35.5. The first kappa shape index (κ1) is 22.2. The molecule has 1 atom stereocenters. The molecular formula is C20H24Cl2N4O2.